The highest BCUT2D eigenvalue weighted by Gasteiger charge is 2.36. The van der Waals surface area contributed by atoms with Crippen molar-refractivity contribution in [1.29, 1.82) is 0 Å². The Bertz CT molecular complexity index is 746. The first-order chi connectivity index (χ1) is 11.5. The molecule has 0 aliphatic rings. The third kappa shape index (κ3) is 5.34. The van der Waals surface area contributed by atoms with Crippen molar-refractivity contribution >= 4 is 58.0 Å². The summed E-state index contributed by atoms with van der Waals surface area (Å²) < 4.78 is 41.3. The summed E-state index contributed by atoms with van der Waals surface area (Å²) in [5.41, 5.74) is -1.13. The van der Waals surface area contributed by atoms with Crippen LogP contribution < -0.4 is 10.6 Å². The van der Waals surface area contributed by atoms with Crippen molar-refractivity contribution < 1.29 is 22.4 Å². The molecule has 136 valence electrons. The van der Waals surface area contributed by atoms with Gasteiger partial charge in [0.1, 0.15) is 6.17 Å². The Morgan fingerprint density at radius 2 is 1.84 bits per heavy atom. The van der Waals surface area contributed by atoms with Gasteiger partial charge in [0.25, 0.3) is 5.91 Å². The summed E-state index contributed by atoms with van der Waals surface area (Å²) in [6.45, 7) is 0. The van der Waals surface area contributed by atoms with Crippen LogP contribution in [0.1, 0.15) is 16.1 Å². The number of hydrogen-bond acceptors (Lipinski definition) is 3. The minimum Gasteiger partial charge on any atom is -0.459 e. The van der Waals surface area contributed by atoms with Gasteiger partial charge in [-0.25, -0.2) is 0 Å². The highest BCUT2D eigenvalue weighted by atomic mass is 35.6. The van der Waals surface area contributed by atoms with Crippen LogP contribution in [0, 0.1) is 0 Å². The van der Waals surface area contributed by atoms with Gasteiger partial charge in [-0.1, -0.05) is 46.4 Å². The maximum absolute atomic E-state index is 12.8. The molecule has 0 fully saturated rings. The lowest BCUT2D eigenvalue weighted by molar-refractivity contribution is -0.137. The molecule has 2 rings (SSSR count). The van der Waals surface area contributed by atoms with Gasteiger partial charge in [0, 0.05) is 0 Å². The zero-order valence-electron chi connectivity index (χ0n) is 12.0. The number of carbonyl (C=O) groups excluding carboxylic acids is 1. The zero-order valence-corrected chi connectivity index (χ0v) is 15.0. The van der Waals surface area contributed by atoms with E-state index in [-0.39, 0.29) is 16.5 Å². The highest BCUT2D eigenvalue weighted by Crippen LogP contribution is 2.36. The van der Waals surface area contributed by atoms with Crippen molar-refractivity contribution in [2.45, 2.75) is 16.1 Å². The van der Waals surface area contributed by atoms with Gasteiger partial charge in [0.2, 0.25) is 3.79 Å². The minimum atomic E-state index is -4.59. The number of amides is 1. The quantitative estimate of drug-likeness (QED) is 0.493. The number of halogens is 7. The molecule has 0 saturated carbocycles. The van der Waals surface area contributed by atoms with Crippen molar-refractivity contribution in [3.63, 3.8) is 0 Å². The number of furan rings is 1. The molecular weight excluding hydrogens is 427 g/mol. The summed E-state index contributed by atoms with van der Waals surface area (Å²) in [6, 6.07) is 5.42. The number of hydrogen-bond donors (Lipinski definition) is 2. The van der Waals surface area contributed by atoms with Gasteiger partial charge < -0.3 is 15.1 Å². The molecule has 2 N–H and O–H groups in total. The Morgan fingerprint density at radius 3 is 2.36 bits per heavy atom. The fourth-order valence-electron chi connectivity index (χ4n) is 1.78. The fraction of sp³-hybridized carbons (Fsp3) is 0.214. The smallest absolute Gasteiger partial charge is 0.416 e. The molecule has 11 heteroatoms. The topological polar surface area (TPSA) is 54.3 Å². The second-order valence-electron chi connectivity index (χ2n) is 4.76. The summed E-state index contributed by atoms with van der Waals surface area (Å²) in [6.07, 6.45) is -4.72. The molecule has 0 aliphatic carbocycles. The Kier molecular flexibility index (Phi) is 6.04. The van der Waals surface area contributed by atoms with Gasteiger partial charge in [0.15, 0.2) is 5.76 Å². The maximum atomic E-state index is 12.8. The SMILES string of the molecule is O=C(N[C@H](Nc1cc(C(F)(F)F)ccc1Cl)C(Cl)(Cl)Cl)c1ccco1. The van der Waals surface area contributed by atoms with Crippen molar-refractivity contribution in [2.24, 2.45) is 0 Å². The lowest BCUT2D eigenvalue weighted by Crippen LogP contribution is -2.49. The monoisotopic (exact) mass is 434 g/mol. The average molecular weight is 436 g/mol. The maximum Gasteiger partial charge on any atom is 0.416 e. The minimum absolute atomic E-state index is 0.0560. The van der Waals surface area contributed by atoms with E-state index in [1.54, 1.807) is 0 Å². The van der Waals surface area contributed by atoms with Gasteiger partial charge in [0.05, 0.1) is 22.5 Å². The van der Waals surface area contributed by atoms with Crippen LogP contribution >= 0.6 is 46.4 Å². The zero-order chi connectivity index (χ0) is 18.8. The number of carbonyl (C=O) groups is 1. The predicted octanol–water partition coefficient (Wildman–Crippen LogP) is 5.49. The van der Waals surface area contributed by atoms with E-state index in [0.29, 0.717) is 0 Å². The van der Waals surface area contributed by atoms with Gasteiger partial charge >= 0.3 is 6.18 Å². The van der Waals surface area contributed by atoms with Gasteiger partial charge in [-0.2, -0.15) is 13.2 Å². The molecule has 0 bridgehead atoms. The fourth-order valence-corrected chi connectivity index (χ4v) is 2.28. The van der Waals surface area contributed by atoms with Crippen LogP contribution in [0.4, 0.5) is 18.9 Å². The van der Waals surface area contributed by atoms with Crippen LogP contribution in [0.2, 0.25) is 5.02 Å². The summed E-state index contributed by atoms with van der Waals surface area (Å²) in [5, 5.41) is 4.75. The molecule has 0 unspecified atom stereocenters. The van der Waals surface area contributed by atoms with E-state index in [9.17, 15) is 18.0 Å². The molecule has 1 aromatic carbocycles. The normalized spacial score (nSPS) is 13.4. The molecule has 0 radical (unpaired) electrons. The molecular formula is C14H9Cl4F3N2O2. The van der Waals surface area contributed by atoms with Crippen molar-refractivity contribution in [3.8, 4) is 0 Å². The van der Waals surface area contributed by atoms with Gasteiger partial charge in [-0.15, -0.1) is 0 Å². The Morgan fingerprint density at radius 1 is 1.16 bits per heavy atom. The summed E-state index contributed by atoms with van der Waals surface area (Å²) in [4.78, 5) is 12.0. The van der Waals surface area contributed by atoms with Crippen molar-refractivity contribution in [2.75, 3.05) is 5.32 Å². The first kappa shape index (κ1) is 20.0. The highest BCUT2D eigenvalue weighted by molar-refractivity contribution is 6.68. The van der Waals surface area contributed by atoms with Crippen molar-refractivity contribution in [3.05, 3.63) is 52.9 Å². The largest absolute Gasteiger partial charge is 0.459 e. The van der Waals surface area contributed by atoms with E-state index < -0.39 is 27.6 Å². The first-order valence-electron chi connectivity index (χ1n) is 6.53. The second kappa shape index (κ2) is 7.53. The van der Waals surface area contributed by atoms with Gasteiger partial charge in [-0.05, 0) is 30.3 Å². The molecule has 1 aromatic heterocycles. The van der Waals surface area contributed by atoms with Crippen molar-refractivity contribution in [1.82, 2.24) is 5.32 Å². The number of rotatable bonds is 4. The predicted molar refractivity (Wildman–Crippen MR) is 90.3 cm³/mol. The van der Waals surface area contributed by atoms with Crippen LogP contribution in [0.5, 0.6) is 0 Å². The van der Waals surface area contributed by atoms with Gasteiger partial charge in [-0.3, -0.25) is 4.79 Å². The van der Waals surface area contributed by atoms with E-state index in [2.05, 4.69) is 10.6 Å². The van der Waals surface area contributed by atoms with Crippen LogP contribution in [-0.2, 0) is 6.18 Å². The van der Waals surface area contributed by atoms with E-state index in [4.69, 9.17) is 50.8 Å². The average Bonchev–Trinajstić information content (AvgIpc) is 3.00. The van der Waals surface area contributed by atoms with E-state index in [1.165, 1.54) is 18.4 Å². The lowest BCUT2D eigenvalue weighted by atomic mass is 10.2. The lowest BCUT2D eigenvalue weighted by Gasteiger charge is -2.27. The van der Waals surface area contributed by atoms with Crippen LogP contribution in [0.15, 0.2) is 41.0 Å². The first-order valence-corrected chi connectivity index (χ1v) is 8.04. The Labute approximate surface area is 160 Å². The molecule has 4 nitrogen and oxygen atoms in total. The molecule has 0 aliphatic heterocycles. The van der Waals surface area contributed by atoms with E-state index >= 15 is 0 Å². The third-order valence-electron chi connectivity index (χ3n) is 2.94. The molecule has 0 spiro atoms. The molecule has 1 heterocycles. The number of anilines is 1. The number of nitrogens with one attached hydrogen (secondary N) is 2. The summed E-state index contributed by atoms with van der Waals surface area (Å²) in [5.74, 6) is -0.812. The van der Waals surface area contributed by atoms with E-state index in [1.807, 2.05) is 0 Å². The molecule has 0 saturated heterocycles. The standard InChI is InChI=1S/C14H9Cl4F3N2O2/c15-8-4-3-7(14(19,20)21)6-9(8)22-12(13(16,17)18)23-11(24)10-2-1-5-25-10/h1-6,12,22H,(H,23,24)/t12-/m0/s1. The molecule has 25 heavy (non-hydrogen) atoms. The third-order valence-corrected chi connectivity index (χ3v) is 3.93. The molecule has 1 atom stereocenters. The molecule has 2 aromatic rings. The van der Waals surface area contributed by atoms with E-state index in [0.717, 1.165) is 18.2 Å². The van der Waals surface area contributed by atoms with Crippen LogP contribution in [0.3, 0.4) is 0 Å². The second-order valence-corrected chi connectivity index (χ2v) is 7.54. The summed E-state index contributed by atoms with van der Waals surface area (Å²) >= 11 is 23.3. The molecule has 1 amide bonds. The summed E-state index contributed by atoms with van der Waals surface area (Å²) in [7, 11) is 0. The number of benzene rings is 1. The van der Waals surface area contributed by atoms with Crippen LogP contribution in [0.25, 0.3) is 0 Å². The number of alkyl halides is 6. The van der Waals surface area contributed by atoms with Crippen LogP contribution in [-0.4, -0.2) is 15.9 Å². The Balaban J connectivity index is 2.27. The Hall–Kier alpha value is -1.28.